The fraction of sp³-hybridized carbons (Fsp3) is 0.316. The number of nitrogens with one attached hydrogen (secondary N) is 1. The fourth-order valence-electron chi connectivity index (χ4n) is 2.36. The highest BCUT2D eigenvalue weighted by atomic mass is 32.2. The SMILES string of the molecule is COC1C=CC=C(c2ccc(S(=O)NC(C(=O)O)C(C)C)cc2)C=C1. The van der Waals surface area contributed by atoms with E-state index in [9.17, 15) is 14.1 Å². The molecule has 3 unspecified atom stereocenters. The van der Waals surface area contributed by atoms with Crippen molar-refractivity contribution in [3.63, 3.8) is 0 Å². The van der Waals surface area contributed by atoms with E-state index in [0.717, 1.165) is 11.1 Å². The molecule has 0 saturated carbocycles. The van der Waals surface area contributed by atoms with Crippen LogP contribution in [0.2, 0.25) is 0 Å². The number of aliphatic carboxylic acids is 1. The minimum Gasteiger partial charge on any atom is -0.480 e. The number of carboxylic acid groups (broad SMARTS) is 1. The van der Waals surface area contributed by atoms with E-state index in [2.05, 4.69) is 4.72 Å². The lowest BCUT2D eigenvalue weighted by Crippen LogP contribution is -2.41. The Morgan fingerprint density at radius 3 is 2.48 bits per heavy atom. The molecule has 0 heterocycles. The monoisotopic (exact) mass is 361 g/mol. The number of hydrogen-bond acceptors (Lipinski definition) is 3. The highest BCUT2D eigenvalue weighted by Gasteiger charge is 2.23. The molecular weight excluding hydrogens is 338 g/mol. The molecule has 134 valence electrons. The van der Waals surface area contributed by atoms with E-state index in [0.29, 0.717) is 4.90 Å². The lowest BCUT2D eigenvalue weighted by atomic mass is 10.1. The van der Waals surface area contributed by atoms with Gasteiger partial charge >= 0.3 is 5.97 Å². The summed E-state index contributed by atoms with van der Waals surface area (Å²) in [5.41, 5.74) is 2.00. The van der Waals surface area contributed by atoms with Gasteiger partial charge in [0.1, 0.15) is 17.0 Å². The van der Waals surface area contributed by atoms with Crippen molar-refractivity contribution in [2.24, 2.45) is 5.92 Å². The van der Waals surface area contributed by atoms with Crippen molar-refractivity contribution in [2.75, 3.05) is 7.11 Å². The van der Waals surface area contributed by atoms with Crippen molar-refractivity contribution in [3.05, 3.63) is 60.2 Å². The van der Waals surface area contributed by atoms with Gasteiger partial charge in [-0.2, -0.15) is 0 Å². The predicted molar refractivity (Wildman–Crippen MR) is 99.3 cm³/mol. The first-order valence-electron chi connectivity index (χ1n) is 8.03. The van der Waals surface area contributed by atoms with Crippen molar-refractivity contribution in [1.82, 2.24) is 4.72 Å². The minimum atomic E-state index is -1.58. The molecule has 1 aromatic carbocycles. The molecule has 1 aliphatic rings. The number of benzene rings is 1. The summed E-state index contributed by atoms with van der Waals surface area (Å²) in [5.74, 6) is -1.17. The summed E-state index contributed by atoms with van der Waals surface area (Å²) >= 11 is 0. The van der Waals surface area contributed by atoms with E-state index in [1.807, 2.05) is 42.5 Å². The molecule has 0 bridgehead atoms. The Labute approximate surface area is 150 Å². The van der Waals surface area contributed by atoms with Crippen LogP contribution in [0.4, 0.5) is 0 Å². The maximum atomic E-state index is 12.4. The van der Waals surface area contributed by atoms with Gasteiger partial charge in [0, 0.05) is 7.11 Å². The second-order valence-electron chi connectivity index (χ2n) is 6.04. The second kappa shape index (κ2) is 8.89. The Hall–Kier alpha value is -2.02. The van der Waals surface area contributed by atoms with E-state index < -0.39 is 23.0 Å². The maximum absolute atomic E-state index is 12.4. The third kappa shape index (κ3) is 5.22. The zero-order valence-electron chi connectivity index (χ0n) is 14.5. The summed E-state index contributed by atoms with van der Waals surface area (Å²) in [5, 5.41) is 9.19. The molecule has 6 heteroatoms. The van der Waals surface area contributed by atoms with Crippen LogP contribution in [0.5, 0.6) is 0 Å². The highest BCUT2D eigenvalue weighted by Crippen LogP contribution is 2.20. The first-order chi connectivity index (χ1) is 11.9. The van der Waals surface area contributed by atoms with E-state index in [4.69, 9.17) is 4.74 Å². The number of ether oxygens (including phenoxy) is 1. The van der Waals surface area contributed by atoms with Gasteiger partial charge in [-0.3, -0.25) is 4.79 Å². The highest BCUT2D eigenvalue weighted by molar-refractivity contribution is 7.83. The van der Waals surface area contributed by atoms with Crippen LogP contribution in [0.15, 0.2) is 59.5 Å². The molecule has 0 aromatic heterocycles. The van der Waals surface area contributed by atoms with E-state index >= 15 is 0 Å². The smallest absolute Gasteiger partial charge is 0.321 e. The molecule has 0 aliphatic heterocycles. The van der Waals surface area contributed by atoms with Crippen molar-refractivity contribution < 1.29 is 18.8 Å². The van der Waals surface area contributed by atoms with Crippen LogP contribution in [0.25, 0.3) is 5.57 Å². The number of methoxy groups -OCH3 is 1. The van der Waals surface area contributed by atoms with Crippen LogP contribution >= 0.6 is 0 Å². The summed E-state index contributed by atoms with van der Waals surface area (Å²) < 4.78 is 20.3. The Balaban J connectivity index is 2.12. The minimum absolute atomic E-state index is 0.0475. The summed E-state index contributed by atoms with van der Waals surface area (Å²) in [7, 11) is 0.0750. The van der Waals surface area contributed by atoms with E-state index in [1.54, 1.807) is 33.1 Å². The topological polar surface area (TPSA) is 75.6 Å². The molecule has 1 aromatic rings. The van der Waals surface area contributed by atoms with E-state index in [1.165, 1.54) is 0 Å². The third-order valence-corrected chi connectivity index (χ3v) is 5.05. The van der Waals surface area contributed by atoms with Gasteiger partial charge in [0.15, 0.2) is 0 Å². The molecule has 1 aliphatic carbocycles. The molecule has 0 saturated heterocycles. The Morgan fingerprint density at radius 2 is 1.92 bits per heavy atom. The van der Waals surface area contributed by atoms with Gasteiger partial charge in [0.25, 0.3) is 0 Å². The molecule has 2 N–H and O–H groups in total. The average molecular weight is 361 g/mol. The quantitative estimate of drug-likeness (QED) is 0.783. The number of hydrogen-bond donors (Lipinski definition) is 2. The van der Waals surface area contributed by atoms with Gasteiger partial charge in [-0.05, 0) is 29.2 Å². The molecule has 5 nitrogen and oxygen atoms in total. The zero-order valence-corrected chi connectivity index (χ0v) is 15.3. The fourth-order valence-corrected chi connectivity index (χ4v) is 3.49. The van der Waals surface area contributed by atoms with Gasteiger partial charge in [0.05, 0.1) is 11.0 Å². The molecule has 0 fully saturated rings. The van der Waals surface area contributed by atoms with Crippen molar-refractivity contribution in [3.8, 4) is 0 Å². The second-order valence-corrected chi connectivity index (χ2v) is 7.28. The van der Waals surface area contributed by atoms with Crippen LogP contribution in [-0.2, 0) is 20.5 Å². The van der Waals surface area contributed by atoms with E-state index in [-0.39, 0.29) is 12.0 Å². The molecule has 0 amide bonds. The summed E-state index contributed by atoms with van der Waals surface area (Å²) in [6.07, 6.45) is 9.78. The predicted octanol–water partition coefficient (Wildman–Crippen LogP) is 2.93. The first kappa shape index (κ1) is 19.3. The zero-order chi connectivity index (χ0) is 18.4. The molecular formula is C19H23NO4S. The maximum Gasteiger partial charge on any atom is 0.321 e. The molecule has 3 atom stereocenters. The first-order valence-corrected chi connectivity index (χ1v) is 9.18. The Morgan fingerprint density at radius 1 is 1.24 bits per heavy atom. The van der Waals surface area contributed by atoms with Crippen molar-refractivity contribution in [1.29, 1.82) is 0 Å². The van der Waals surface area contributed by atoms with Gasteiger partial charge < -0.3 is 9.84 Å². The summed E-state index contributed by atoms with van der Waals surface area (Å²) in [6, 6.07) is 6.38. The standard InChI is InChI=1S/C19H23NO4S/c1-13(2)18(19(21)22)20-25(23)17-11-8-15(9-12-17)14-5-4-6-16(24-3)10-7-14/h4-13,16,18,20H,1-3H3,(H,21,22). The van der Waals surface area contributed by atoms with Crippen LogP contribution < -0.4 is 4.72 Å². The number of carbonyl (C=O) groups is 1. The van der Waals surface area contributed by atoms with Crippen molar-refractivity contribution in [2.45, 2.75) is 30.9 Å². The number of carboxylic acids is 1. The average Bonchev–Trinajstić information content (AvgIpc) is 2.84. The molecule has 0 radical (unpaired) electrons. The number of allylic oxidation sites excluding steroid dienone is 4. The number of rotatable bonds is 7. The van der Waals surface area contributed by atoms with Crippen LogP contribution in [0, 0.1) is 5.92 Å². The molecule has 2 rings (SSSR count). The Kier molecular flexibility index (Phi) is 6.87. The van der Waals surface area contributed by atoms with Gasteiger partial charge in [-0.15, -0.1) is 0 Å². The van der Waals surface area contributed by atoms with Gasteiger partial charge in [-0.1, -0.05) is 56.4 Å². The van der Waals surface area contributed by atoms with Gasteiger partial charge in [-0.25, -0.2) is 8.93 Å². The largest absolute Gasteiger partial charge is 0.480 e. The Bertz CT molecular complexity index is 719. The van der Waals surface area contributed by atoms with Crippen LogP contribution in [0.3, 0.4) is 0 Å². The summed E-state index contributed by atoms with van der Waals surface area (Å²) in [4.78, 5) is 11.8. The van der Waals surface area contributed by atoms with Crippen LogP contribution in [-0.4, -0.2) is 34.5 Å². The molecule has 0 spiro atoms. The lowest BCUT2D eigenvalue weighted by Gasteiger charge is -2.17. The third-order valence-electron chi connectivity index (χ3n) is 3.88. The lowest BCUT2D eigenvalue weighted by molar-refractivity contribution is -0.140. The van der Waals surface area contributed by atoms with Crippen LogP contribution in [0.1, 0.15) is 19.4 Å². The normalized spacial score (nSPS) is 19.4. The molecule has 25 heavy (non-hydrogen) atoms. The van der Waals surface area contributed by atoms with Crippen molar-refractivity contribution >= 4 is 22.5 Å². The van der Waals surface area contributed by atoms with Gasteiger partial charge in [0.2, 0.25) is 0 Å². The summed E-state index contributed by atoms with van der Waals surface area (Å²) in [6.45, 7) is 3.55.